The highest BCUT2D eigenvalue weighted by atomic mass is 16.5. The Morgan fingerprint density at radius 1 is 1.33 bits per heavy atom. The molecule has 2 nitrogen and oxygen atoms in total. The van der Waals surface area contributed by atoms with Crippen molar-refractivity contribution in [3.63, 3.8) is 0 Å². The first-order valence-corrected chi connectivity index (χ1v) is 5.21. The molecule has 1 aromatic carbocycles. The topological polar surface area (TPSA) is 21.3 Å². The molecular formula is C13H17NO. The smallest absolute Gasteiger partial charge is 0.0763 e. The average molecular weight is 203 g/mol. The van der Waals surface area contributed by atoms with Gasteiger partial charge in [0.25, 0.3) is 0 Å². The van der Waals surface area contributed by atoms with E-state index >= 15 is 0 Å². The SMILES string of the molecule is C#CCNc1ccc(COCCC)cc1. The predicted molar refractivity (Wildman–Crippen MR) is 63.7 cm³/mol. The van der Waals surface area contributed by atoms with Gasteiger partial charge in [0.1, 0.15) is 0 Å². The molecule has 0 spiro atoms. The summed E-state index contributed by atoms with van der Waals surface area (Å²) in [4.78, 5) is 0. The van der Waals surface area contributed by atoms with Gasteiger partial charge in [-0.15, -0.1) is 6.42 Å². The van der Waals surface area contributed by atoms with Crippen LogP contribution in [0.2, 0.25) is 0 Å². The molecule has 2 heteroatoms. The van der Waals surface area contributed by atoms with Crippen LogP contribution in [-0.2, 0) is 11.3 Å². The van der Waals surface area contributed by atoms with E-state index < -0.39 is 0 Å². The molecule has 0 saturated heterocycles. The highest BCUT2D eigenvalue weighted by Gasteiger charge is 1.93. The van der Waals surface area contributed by atoms with E-state index in [1.165, 1.54) is 5.56 Å². The van der Waals surface area contributed by atoms with Crippen molar-refractivity contribution in [3.05, 3.63) is 29.8 Å². The Balaban J connectivity index is 2.39. The summed E-state index contributed by atoms with van der Waals surface area (Å²) < 4.78 is 5.44. The lowest BCUT2D eigenvalue weighted by Gasteiger charge is -2.05. The standard InChI is InChI=1S/C13H17NO/c1-3-9-14-13-7-5-12(6-8-13)11-15-10-4-2/h1,5-8,14H,4,9-11H2,2H3. The minimum absolute atomic E-state index is 0.561. The molecule has 0 fully saturated rings. The van der Waals surface area contributed by atoms with Crippen LogP contribution in [0.5, 0.6) is 0 Å². The largest absolute Gasteiger partial charge is 0.377 e. The van der Waals surface area contributed by atoms with E-state index in [2.05, 4.69) is 30.3 Å². The third-order valence-electron chi connectivity index (χ3n) is 1.97. The molecule has 0 aromatic heterocycles. The number of hydrogen-bond donors (Lipinski definition) is 1. The lowest BCUT2D eigenvalue weighted by atomic mass is 10.2. The molecule has 0 atom stereocenters. The Bertz CT molecular complexity index is 310. The van der Waals surface area contributed by atoms with Crippen molar-refractivity contribution < 1.29 is 4.74 Å². The number of hydrogen-bond acceptors (Lipinski definition) is 2. The molecule has 0 heterocycles. The van der Waals surface area contributed by atoms with Gasteiger partial charge in [-0.2, -0.15) is 0 Å². The minimum atomic E-state index is 0.561. The number of terminal acetylenes is 1. The van der Waals surface area contributed by atoms with Crippen molar-refractivity contribution in [3.8, 4) is 12.3 Å². The van der Waals surface area contributed by atoms with Gasteiger partial charge in [0.05, 0.1) is 13.2 Å². The maximum atomic E-state index is 5.44. The van der Waals surface area contributed by atoms with E-state index in [4.69, 9.17) is 11.2 Å². The van der Waals surface area contributed by atoms with Crippen LogP contribution in [0.1, 0.15) is 18.9 Å². The highest BCUT2D eigenvalue weighted by Crippen LogP contribution is 2.09. The molecular weight excluding hydrogens is 186 g/mol. The number of benzene rings is 1. The molecule has 0 unspecified atom stereocenters. The van der Waals surface area contributed by atoms with Crippen LogP contribution in [0, 0.1) is 12.3 Å². The van der Waals surface area contributed by atoms with Crippen molar-refractivity contribution in [2.24, 2.45) is 0 Å². The summed E-state index contributed by atoms with van der Waals surface area (Å²) in [5, 5.41) is 3.11. The third-order valence-corrected chi connectivity index (χ3v) is 1.97. The van der Waals surface area contributed by atoms with Crippen LogP contribution in [-0.4, -0.2) is 13.2 Å². The van der Waals surface area contributed by atoms with Crippen LogP contribution in [0.15, 0.2) is 24.3 Å². The number of ether oxygens (including phenoxy) is 1. The van der Waals surface area contributed by atoms with Gasteiger partial charge in [0.15, 0.2) is 0 Å². The van der Waals surface area contributed by atoms with E-state index in [9.17, 15) is 0 Å². The second kappa shape index (κ2) is 6.92. The molecule has 0 saturated carbocycles. The summed E-state index contributed by atoms with van der Waals surface area (Å²) in [5.74, 6) is 2.54. The average Bonchev–Trinajstić information content (AvgIpc) is 2.28. The Labute approximate surface area is 91.6 Å². The van der Waals surface area contributed by atoms with Gasteiger partial charge in [-0.3, -0.25) is 0 Å². The van der Waals surface area contributed by atoms with E-state index in [0.717, 1.165) is 18.7 Å². The summed E-state index contributed by atoms with van der Waals surface area (Å²) in [6, 6.07) is 8.13. The fourth-order valence-electron chi connectivity index (χ4n) is 1.21. The Kier molecular flexibility index (Phi) is 5.35. The lowest BCUT2D eigenvalue weighted by molar-refractivity contribution is 0.121. The molecule has 0 aliphatic carbocycles. The van der Waals surface area contributed by atoms with E-state index in [0.29, 0.717) is 13.2 Å². The molecule has 0 radical (unpaired) electrons. The first-order valence-electron chi connectivity index (χ1n) is 5.21. The first kappa shape index (κ1) is 11.6. The molecule has 0 aliphatic rings. The highest BCUT2D eigenvalue weighted by molar-refractivity contribution is 5.45. The summed E-state index contributed by atoms with van der Waals surface area (Å²) >= 11 is 0. The summed E-state index contributed by atoms with van der Waals surface area (Å²) in [6.45, 7) is 4.17. The molecule has 80 valence electrons. The lowest BCUT2D eigenvalue weighted by Crippen LogP contribution is -1.98. The maximum absolute atomic E-state index is 5.44. The van der Waals surface area contributed by atoms with Crippen LogP contribution in [0.25, 0.3) is 0 Å². The zero-order valence-electron chi connectivity index (χ0n) is 9.12. The number of rotatable bonds is 6. The van der Waals surface area contributed by atoms with Crippen LogP contribution >= 0.6 is 0 Å². The minimum Gasteiger partial charge on any atom is -0.377 e. The van der Waals surface area contributed by atoms with Gasteiger partial charge in [-0.05, 0) is 24.1 Å². The normalized spacial score (nSPS) is 9.60. The first-order chi connectivity index (χ1) is 7.36. The third kappa shape index (κ3) is 4.53. The molecule has 1 aromatic rings. The fraction of sp³-hybridized carbons (Fsp3) is 0.385. The van der Waals surface area contributed by atoms with Crippen LogP contribution in [0.4, 0.5) is 5.69 Å². The van der Waals surface area contributed by atoms with Crippen molar-refractivity contribution in [1.82, 2.24) is 0 Å². The van der Waals surface area contributed by atoms with Gasteiger partial charge in [0, 0.05) is 12.3 Å². The predicted octanol–water partition coefficient (Wildman–Crippen LogP) is 2.66. The van der Waals surface area contributed by atoms with E-state index in [1.54, 1.807) is 0 Å². The van der Waals surface area contributed by atoms with Gasteiger partial charge >= 0.3 is 0 Å². The van der Waals surface area contributed by atoms with Gasteiger partial charge < -0.3 is 10.1 Å². The summed E-state index contributed by atoms with van der Waals surface area (Å²) in [6.07, 6.45) is 6.21. The molecule has 15 heavy (non-hydrogen) atoms. The molecule has 0 aliphatic heterocycles. The zero-order chi connectivity index (χ0) is 10.9. The molecule has 0 amide bonds. The monoisotopic (exact) mass is 203 g/mol. The van der Waals surface area contributed by atoms with Crippen LogP contribution in [0.3, 0.4) is 0 Å². The van der Waals surface area contributed by atoms with Gasteiger partial charge in [0.2, 0.25) is 0 Å². The second-order valence-electron chi connectivity index (χ2n) is 3.31. The maximum Gasteiger partial charge on any atom is 0.0763 e. The van der Waals surface area contributed by atoms with E-state index in [1.807, 2.05) is 12.1 Å². The Hall–Kier alpha value is -1.46. The Morgan fingerprint density at radius 2 is 2.07 bits per heavy atom. The van der Waals surface area contributed by atoms with Gasteiger partial charge in [-0.25, -0.2) is 0 Å². The quantitative estimate of drug-likeness (QED) is 0.567. The molecule has 1 N–H and O–H groups in total. The number of nitrogens with one attached hydrogen (secondary N) is 1. The van der Waals surface area contributed by atoms with E-state index in [-0.39, 0.29) is 0 Å². The van der Waals surface area contributed by atoms with Crippen molar-refractivity contribution in [1.29, 1.82) is 0 Å². The second-order valence-corrected chi connectivity index (χ2v) is 3.31. The van der Waals surface area contributed by atoms with Crippen molar-refractivity contribution >= 4 is 5.69 Å². The Morgan fingerprint density at radius 3 is 2.67 bits per heavy atom. The zero-order valence-corrected chi connectivity index (χ0v) is 9.12. The molecule has 1 rings (SSSR count). The van der Waals surface area contributed by atoms with Gasteiger partial charge in [-0.1, -0.05) is 25.0 Å². The summed E-state index contributed by atoms with van der Waals surface area (Å²) in [5.41, 5.74) is 2.24. The van der Waals surface area contributed by atoms with Crippen molar-refractivity contribution in [2.45, 2.75) is 20.0 Å². The van der Waals surface area contributed by atoms with Crippen molar-refractivity contribution in [2.75, 3.05) is 18.5 Å². The van der Waals surface area contributed by atoms with Crippen LogP contribution < -0.4 is 5.32 Å². The summed E-state index contributed by atoms with van der Waals surface area (Å²) in [7, 11) is 0. The fourth-order valence-corrected chi connectivity index (χ4v) is 1.21. The molecule has 0 bridgehead atoms. The number of anilines is 1.